The Kier molecular flexibility index (Phi) is 5.01. The Hall–Kier alpha value is -1.81. The van der Waals surface area contributed by atoms with Gasteiger partial charge in [-0.1, -0.05) is 30.5 Å². The van der Waals surface area contributed by atoms with Crippen LogP contribution in [0.3, 0.4) is 0 Å². The summed E-state index contributed by atoms with van der Waals surface area (Å²) in [5.41, 5.74) is 3.10. The van der Waals surface area contributed by atoms with Crippen LogP contribution in [-0.4, -0.2) is 23.1 Å². The van der Waals surface area contributed by atoms with Gasteiger partial charge in [0.2, 0.25) is 5.95 Å². The highest BCUT2D eigenvalue weighted by Crippen LogP contribution is 2.25. The largest absolute Gasteiger partial charge is 0.341 e. The molecule has 1 saturated heterocycles. The molecule has 0 unspecified atom stereocenters. The number of aryl methyl sites for hydroxylation is 2. The Morgan fingerprint density at radius 2 is 1.74 bits per heavy atom. The number of anilines is 3. The quantitative estimate of drug-likeness (QED) is 0.871. The topological polar surface area (TPSA) is 41.1 Å². The lowest BCUT2D eigenvalue weighted by Gasteiger charge is -2.21. The van der Waals surface area contributed by atoms with Crippen LogP contribution in [0.1, 0.15) is 36.9 Å². The van der Waals surface area contributed by atoms with Crippen molar-refractivity contribution in [2.24, 2.45) is 0 Å². The number of aromatic nitrogens is 2. The van der Waals surface area contributed by atoms with E-state index in [9.17, 15) is 0 Å². The van der Waals surface area contributed by atoms with E-state index in [1.165, 1.54) is 25.7 Å². The van der Waals surface area contributed by atoms with Crippen molar-refractivity contribution >= 4 is 29.1 Å². The third kappa shape index (κ3) is 4.14. The van der Waals surface area contributed by atoms with Gasteiger partial charge in [-0.15, -0.1) is 0 Å². The zero-order chi connectivity index (χ0) is 16.2. The number of nitrogens with zero attached hydrogens (tertiary/aromatic N) is 3. The van der Waals surface area contributed by atoms with Crippen LogP contribution < -0.4 is 10.2 Å². The van der Waals surface area contributed by atoms with E-state index in [1.807, 2.05) is 31.2 Å². The van der Waals surface area contributed by atoms with Gasteiger partial charge < -0.3 is 10.2 Å². The first-order chi connectivity index (χ1) is 11.1. The van der Waals surface area contributed by atoms with E-state index in [0.717, 1.165) is 46.8 Å². The zero-order valence-electron chi connectivity index (χ0n) is 13.8. The van der Waals surface area contributed by atoms with Crippen molar-refractivity contribution in [2.45, 2.75) is 39.5 Å². The Morgan fingerprint density at radius 1 is 1.00 bits per heavy atom. The molecule has 1 aliphatic heterocycles. The van der Waals surface area contributed by atoms with Gasteiger partial charge in [0.15, 0.2) is 0 Å². The predicted molar refractivity (Wildman–Crippen MR) is 96.9 cm³/mol. The lowest BCUT2D eigenvalue weighted by atomic mass is 10.2. The summed E-state index contributed by atoms with van der Waals surface area (Å²) in [5, 5.41) is 4.11. The molecule has 0 bridgehead atoms. The summed E-state index contributed by atoms with van der Waals surface area (Å²) in [7, 11) is 0. The molecule has 122 valence electrons. The molecular formula is C18H23ClN4. The van der Waals surface area contributed by atoms with Crippen LogP contribution in [0.4, 0.5) is 17.5 Å². The van der Waals surface area contributed by atoms with Crippen molar-refractivity contribution in [2.75, 3.05) is 23.3 Å². The molecule has 0 atom stereocenters. The summed E-state index contributed by atoms with van der Waals surface area (Å²) in [4.78, 5) is 11.7. The Balaban J connectivity index is 1.86. The number of hydrogen-bond acceptors (Lipinski definition) is 4. The van der Waals surface area contributed by atoms with Crippen LogP contribution in [0.15, 0.2) is 24.3 Å². The number of rotatable bonds is 3. The van der Waals surface area contributed by atoms with Crippen molar-refractivity contribution in [1.82, 2.24) is 9.97 Å². The molecule has 0 amide bonds. The maximum atomic E-state index is 6.10. The van der Waals surface area contributed by atoms with E-state index in [2.05, 4.69) is 22.1 Å². The third-order valence-corrected chi connectivity index (χ3v) is 4.43. The van der Waals surface area contributed by atoms with Crippen LogP contribution in [0.2, 0.25) is 5.02 Å². The minimum Gasteiger partial charge on any atom is -0.341 e. The van der Waals surface area contributed by atoms with Crippen molar-refractivity contribution in [3.05, 3.63) is 40.5 Å². The average Bonchev–Trinajstić information content (AvgIpc) is 2.79. The number of nitrogens with one attached hydrogen (secondary N) is 1. The monoisotopic (exact) mass is 330 g/mol. The molecule has 2 heterocycles. The molecule has 5 heteroatoms. The second-order valence-electron chi connectivity index (χ2n) is 6.18. The maximum absolute atomic E-state index is 6.10. The molecule has 0 radical (unpaired) electrons. The van der Waals surface area contributed by atoms with Gasteiger partial charge in [0, 0.05) is 35.6 Å². The van der Waals surface area contributed by atoms with E-state index in [-0.39, 0.29) is 0 Å². The lowest BCUT2D eigenvalue weighted by molar-refractivity contribution is 0.726. The number of hydrogen-bond donors (Lipinski definition) is 1. The third-order valence-electron chi connectivity index (χ3n) is 4.19. The minimum absolute atomic E-state index is 0.719. The van der Waals surface area contributed by atoms with Gasteiger partial charge in [0.1, 0.15) is 5.82 Å². The Labute approximate surface area is 142 Å². The van der Waals surface area contributed by atoms with Gasteiger partial charge in [0.25, 0.3) is 0 Å². The fraction of sp³-hybridized carbons (Fsp3) is 0.444. The molecule has 4 nitrogen and oxygen atoms in total. The Bertz CT molecular complexity index is 679. The minimum atomic E-state index is 0.719. The van der Waals surface area contributed by atoms with Gasteiger partial charge >= 0.3 is 0 Å². The van der Waals surface area contributed by atoms with Crippen LogP contribution >= 0.6 is 11.6 Å². The Morgan fingerprint density at radius 3 is 2.48 bits per heavy atom. The molecule has 1 N–H and O–H groups in total. The summed E-state index contributed by atoms with van der Waals surface area (Å²) >= 11 is 6.10. The molecular weight excluding hydrogens is 308 g/mol. The molecule has 1 fully saturated rings. The maximum Gasteiger partial charge on any atom is 0.227 e. The van der Waals surface area contributed by atoms with Crippen molar-refractivity contribution in [3.63, 3.8) is 0 Å². The van der Waals surface area contributed by atoms with E-state index in [1.54, 1.807) is 0 Å². The standard InChI is InChI=1S/C18H23ClN4/c1-13-7-8-15(19)12-16(13)21-17-11-14(2)20-18(22-17)23-9-5-3-4-6-10-23/h7-8,11-12H,3-6,9-10H2,1-2H3,(H,20,21,22). The molecule has 1 aromatic carbocycles. The van der Waals surface area contributed by atoms with Crippen LogP contribution in [0, 0.1) is 13.8 Å². The zero-order valence-corrected chi connectivity index (χ0v) is 14.5. The van der Waals surface area contributed by atoms with Gasteiger partial charge in [-0.3, -0.25) is 0 Å². The van der Waals surface area contributed by atoms with E-state index < -0.39 is 0 Å². The van der Waals surface area contributed by atoms with E-state index in [4.69, 9.17) is 16.6 Å². The molecule has 2 aromatic rings. The molecule has 23 heavy (non-hydrogen) atoms. The number of halogens is 1. The first-order valence-corrected chi connectivity index (χ1v) is 8.63. The van der Waals surface area contributed by atoms with Gasteiger partial charge in [-0.25, -0.2) is 4.98 Å². The smallest absolute Gasteiger partial charge is 0.227 e. The summed E-state index contributed by atoms with van der Waals surface area (Å²) in [6, 6.07) is 7.81. The second-order valence-corrected chi connectivity index (χ2v) is 6.62. The number of benzene rings is 1. The highest BCUT2D eigenvalue weighted by Gasteiger charge is 2.14. The van der Waals surface area contributed by atoms with Crippen molar-refractivity contribution in [1.29, 1.82) is 0 Å². The average molecular weight is 331 g/mol. The molecule has 0 saturated carbocycles. The van der Waals surface area contributed by atoms with Crippen LogP contribution in [0.25, 0.3) is 0 Å². The molecule has 0 spiro atoms. The highest BCUT2D eigenvalue weighted by molar-refractivity contribution is 6.30. The second kappa shape index (κ2) is 7.18. The highest BCUT2D eigenvalue weighted by atomic mass is 35.5. The normalized spacial score (nSPS) is 15.3. The predicted octanol–water partition coefficient (Wildman–Crippen LogP) is 4.87. The summed E-state index contributed by atoms with van der Waals surface area (Å²) in [6.07, 6.45) is 5.03. The van der Waals surface area contributed by atoms with Crippen molar-refractivity contribution in [3.8, 4) is 0 Å². The van der Waals surface area contributed by atoms with E-state index >= 15 is 0 Å². The summed E-state index contributed by atoms with van der Waals surface area (Å²) in [5.74, 6) is 1.65. The fourth-order valence-corrected chi connectivity index (χ4v) is 3.07. The van der Waals surface area contributed by atoms with Gasteiger partial charge in [-0.05, 0) is 44.4 Å². The van der Waals surface area contributed by atoms with Crippen molar-refractivity contribution < 1.29 is 0 Å². The van der Waals surface area contributed by atoms with Gasteiger partial charge in [0.05, 0.1) is 0 Å². The van der Waals surface area contributed by atoms with E-state index in [0.29, 0.717) is 0 Å². The summed E-state index contributed by atoms with van der Waals surface area (Å²) in [6.45, 7) is 6.15. The molecule has 1 aromatic heterocycles. The SMILES string of the molecule is Cc1cc(Nc2cc(Cl)ccc2C)nc(N2CCCCCC2)n1. The van der Waals surface area contributed by atoms with Gasteiger partial charge in [-0.2, -0.15) is 4.98 Å². The fourth-order valence-electron chi connectivity index (χ4n) is 2.90. The van der Waals surface area contributed by atoms with Crippen LogP contribution in [0.5, 0.6) is 0 Å². The first-order valence-electron chi connectivity index (χ1n) is 8.25. The molecule has 1 aliphatic rings. The lowest BCUT2D eigenvalue weighted by Crippen LogP contribution is -2.26. The first kappa shape index (κ1) is 16.1. The molecule has 0 aliphatic carbocycles. The summed E-state index contributed by atoms with van der Waals surface area (Å²) < 4.78 is 0. The van der Waals surface area contributed by atoms with Crippen LogP contribution in [-0.2, 0) is 0 Å². The molecule has 3 rings (SSSR count).